The first kappa shape index (κ1) is 18.0. The maximum atomic E-state index is 11.7. The van der Waals surface area contributed by atoms with Crippen molar-refractivity contribution >= 4 is 17.6 Å². The summed E-state index contributed by atoms with van der Waals surface area (Å²) in [5, 5.41) is 14.4. The second-order valence-corrected chi connectivity index (χ2v) is 7.21. The number of halogens is 1. The predicted octanol–water partition coefficient (Wildman–Crippen LogP) is 3.46. The molecule has 0 saturated carbocycles. The van der Waals surface area contributed by atoms with Crippen LogP contribution >= 0.6 is 11.6 Å². The van der Waals surface area contributed by atoms with Crippen molar-refractivity contribution in [2.24, 2.45) is 0 Å². The minimum Gasteiger partial charge on any atom is -0.482 e. The average molecular weight is 406 g/mol. The topological polar surface area (TPSA) is 67.8 Å². The van der Waals surface area contributed by atoms with Gasteiger partial charge in [-0.3, -0.25) is 0 Å². The third-order valence-corrected chi connectivity index (χ3v) is 5.00. The van der Waals surface area contributed by atoms with Gasteiger partial charge in [0.05, 0.1) is 15.5 Å². The lowest BCUT2D eigenvalue weighted by atomic mass is 9.88. The summed E-state index contributed by atoms with van der Waals surface area (Å²) in [6.45, 7) is -0.441. The number of carbonyl (C=O) groups excluding carboxylic acids is 1. The summed E-state index contributed by atoms with van der Waals surface area (Å²) in [6.07, 6.45) is 1.86. The van der Waals surface area contributed by atoms with Crippen LogP contribution in [0, 0.1) is 0 Å². The number of carbonyl (C=O) groups is 1. The molecular formula is C22H26ClNO4. The number of hydrogen-bond donors (Lipinski definition) is 2. The maximum absolute atomic E-state index is 11.7. The molecule has 0 unspecified atom stereocenters. The lowest BCUT2D eigenvalue weighted by Gasteiger charge is -2.27. The van der Waals surface area contributed by atoms with Gasteiger partial charge in [0.15, 0.2) is 6.56 Å². The van der Waals surface area contributed by atoms with E-state index in [1.807, 2.05) is 18.2 Å². The molecule has 6 heteroatoms. The zero-order valence-corrected chi connectivity index (χ0v) is 16.5. The first-order valence-corrected chi connectivity index (χ1v) is 9.81. The summed E-state index contributed by atoms with van der Waals surface area (Å²) in [4.78, 5) is 11.7. The van der Waals surface area contributed by atoms with Gasteiger partial charge in [-0.1, -0.05) is 29.8 Å². The van der Waals surface area contributed by atoms with Gasteiger partial charge in [-0.2, -0.15) is 0 Å². The molecule has 0 amide bonds. The second kappa shape index (κ2) is 9.92. The molecule has 1 aliphatic rings. The SMILES string of the molecule is [2H]C([2H])(Oc1ccc2c(c1)C[C@@H](NC[C@H](O)c1cccc(Cl)c1)CC2)C(=O)OCC. The van der Waals surface area contributed by atoms with Crippen molar-refractivity contribution in [3.8, 4) is 5.75 Å². The van der Waals surface area contributed by atoms with E-state index in [2.05, 4.69) is 5.32 Å². The standard InChI is InChI=1S/C22H26ClNO4/c1-2-27-22(26)14-28-20-9-7-15-6-8-19(11-17(15)12-20)24-13-21(25)16-4-3-5-18(23)10-16/h3-5,7,9-10,12,19,21,24-25H,2,6,8,11,13-14H2,1H3/t19-,21-/m0/s1/i14D2. The highest BCUT2D eigenvalue weighted by atomic mass is 35.5. The Kier molecular flexibility index (Phi) is 6.37. The van der Waals surface area contributed by atoms with Crippen molar-refractivity contribution < 1.29 is 22.1 Å². The van der Waals surface area contributed by atoms with Gasteiger partial charge >= 0.3 is 5.97 Å². The number of benzene rings is 2. The first-order chi connectivity index (χ1) is 14.3. The molecule has 28 heavy (non-hydrogen) atoms. The largest absolute Gasteiger partial charge is 0.482 e. The number of nitrogens with one attached hydrogen (secondary N) is 1. The fraction of sp³-hybridized carbons (Fsp3) is 0.409. The molecule has 0 radical (unpaired) electrons. The van der Waals surface area contributed by atoms with Crippen molar-refractivity contribution in [1.82, 2.24) is 5.32 Å². The Morgan fingerprint density at radius 1 is 1.36 bits per heavy atom. The molecule has 3 rings (SSSR count). The Bertz CT molecular complexity index is 893. The lowest BCUT2D eigenvalue weighted by molar-refractivity contribution is -0.145. The molecule has 2 aromatic rings. The molecule has 0 fully saturated rings. The van der Waals surface area contributed by atoms with E-state index in [9.17, 15) is 9.90 Å². The van der Waals surface area contributed by atoms with Crippen LogP contribution in [0.3, 0.4) is 0 Å². The summed E-state index contributed by atoms with van der Waals surface area (Å²) >= 11 is 5.99. The van der Waals surface area contributed by atoms with E-state index < -0.39 is 18.6 Å². The van der Waals surface area contributed by atoms with E-state index in [-0.39, 0.29) is 18.4 Å². The van der Waals surface area contributed by atoms with Crippen LogP contribution in [0.2, 0.25) is 5.02 Å². The van der Waals surface area contributed by atoms with Gasteiger partial charge in [-0.25, -0.2) is 4.79 Å². The third kappa shape index (κ3) is 5.71. The number of aliphatic hydroxyl groups is 1. The van der Waals surface area contributed by atoms with Gasteiger partial charge in [0.2, 0.25) is 0 Å². The third-order valence-electron chi connectivity index (χ3n) is 4.77. The Morgan fingerprint density at radius 2 is 2.21 bits per heavy atom. The summed E-state index contributed by atoms with van der Waals surface area (Å²) < 4.78 is 25.6. The minimum atomic E-state index is -2.54. The highest BCUT2D eigenvalue weighted by Gasteiger charge is 2.20. The van der Waals surface area contributed by atoms with Crippen molar-refractivity contribution in [2.75, 3.05) is 19.7 Å². The van der Waals surface area contributed by atoms with E-state index in [1.54, 1.807) is 31.2 Å². The molecule has 0 bridgehead atoms. The number of hydrogen-bond acceptors (Lipinski definition) is 5. The minimum absolute atomic E-state index is 0.0836. The van der Waals surface area contributed by atoms with Crippen LogP contribution in [0.25, 0.3) is 0 Å². The second-order valence-electron chi connectivity index (χ2n) is 6.77. The van der Waals surface area contributed by atoms with Gasteiger partial charge in [0, 0.05) is 17.6 Å². The van der Waals surface area contributed by atoms with Crippen LogP contribution in [0.4, 0.5) is 0 Å². The molecular weight excluding hydrogens is 378 g/mol. The molecule has 0 saturated heterocycles. The number of aryl methyl sites for hydroxylation is 1. The summed E-state index contributed by atoms with van der Waals surface area (Å²) in [7, 11) is 0. The van der Waals surface area contributed by atoms with Gasteiger partial charge in [-0.15, -0.1) is 0 Å². The van der Waals surface area contributed by atoms with Crippen molar-refractivity contribution in [3.05, 3.63) is 64.2 Å². The van der Waals surface area contributed by atoms with Crippen LogP contribution in [-0.2, 0) is 22.4 Å². The molecule has 0 heterocycles. The van der Waals surface area contributed by atoms with Crippen LogP contribution in [-0.4, -0.2) is 36.8 Å². The molecule has 2 atom stereocenters. The number of rotatable bonds is 8. The molecule has 0 spiro atoms. The fourth-order valence-electron chi connectivity index (χ4n) is 3.34. The first-order valence-electron chi connectivity index (χ1n) is 10.4. The Morgan fingerprint density at radius 3 is 3.00 bits per heavy atom. The number of fused-ring (bicyclic) bond motifs is 1. The number of aliphatic hydroxyl groups excluding tert-OH is 1. The Hall–Kier alpha value is -2.08. The highest BCUT2D eigenvalue weighted by Crippen LogP contribution is 2.26. The van der Waals surface area contributed by atoms with Crippen LogP contribution in [0.15, 0.2) is 42.5 Å². The van der Waals surface area contributed by atoms with E-state index in [4.69, 9.17) is 23.8 Å². The van der Waals surface area contributed by atoms with Crippen molar-refractivity contribution in [3.63, 3.8) is 0 Å². The average Bonchev–Trinajstić information content (AvgIpc) is 2.71. The molecule has 2 N–H and O–H groups in total. The molecule has 5 nitrogen and oxygen atoms in total. The predicted molar refractivity (Wildman–Crippen MR) is 109 cm³/mol. The Balaban J connectivity index is 1.61. The summed E-state index contributed by atoms with van der Waals surface area (Å²) in [5.74, 6) is -0.760. The maximum Gasteiger partial charge on any atom is 0.344 e. The molecule has 150 valence electrons. The fourth-order valence-corrected chi connectivity index (χ4v) is 3.54. The van der Waals surface area contributed by atoms with Crippen LogP contribution < -0.4 is 10.1 Å². The summed E-state index contributed by atoms with van der Waals surface area (Å²) in [5.41, 5.74) is 2.98. The molecule has 0 aromatic heterocycles. The van der Waals surface area contributed by atoms with E-state index in [0.717, 1.165) is 30.4 Å². The van der Waals surface area contributed by atoms with Gasteiger partial charge in [0.1, 0.15) is 5.75 Å². The smallest absolute Gasteiger partial charge is 0.344 e. The van der Waals surface area contributed by atoms with E-state index in [0.29, 0.717) is 11.6 Å². The van der Waals surface area contributed by atoms with Gasteiger partial charge in [-0.05, 0) is 67.1 Å². The van der Waals surface area contributed by atoms with Crippen LogP contribution in [0.5, 0.6) is 5.75 Å². The Labute approximate surface area is 173 Å². The molecule has 2 aromatic carbocycles. The molecule has 1 aliphatic carbocycles. The monoisotopic (exact) mass is 405 g/mol. The van der Waals surface area contributed by atoms with E-state index in [1.165, 1.54) is 5.56 Å². The van der Waals surface area contributed by atoms with E-state index >= 15 is 0 Å². The quantitative estimate of drug-likeness (QED) is 0.658. The zero-order chi connectivity index (χ0) is 21.7. The highest BCUT2D eigenvalue weighted by molar-refractivity contribution is 6.30. The van der Waals surface area contributed by atoms with Gasteiger partial charge < -0.3 is 19.9 Å². The van der Waals surface area contributed by atoms with Crippen LogP contribution in [0.1, 0.15) is 38.9 Å². The number of ether oxygens (including phenoxy) is 2. The molecule has 0 aliphatic heterocycles. The van der Waals surface area contributed by atoms with Gasteiger partial charge in [0.25, 0.3) is 0 Å². The number of esters is 1. The lowest BCUT2D eigenvalue weighted by Crippen LogP contribution is -2.37. The van der Waals surface area contributed by atoms with Crippen molar-refractivity contribution in [1.29, 1.82) is 0 Å². The normalized spacial score (nSPS) is 18.5. The summed E-state index contributed by atoms with van der Waals surface area (Å²) in [6, 6.07) is 12.7. The zero-order valence-electron chi connectivity index (χ0n) is 17.8. The van der Waals surface area contributed by atoms with Crippen molar-refractivity contribution in [2.45, 2.75) is 38.3 Å².